The summed E-state index contributed by atoms with van der Waals surface area (Å²) >= 11 is 0. The summed E-state index contributed by atoms with van der Waals surface area (Å²) in [4.78, 5) is 50.2. The lowest BCUT2D eigenvalue weighted by molar-refractivity contribution is -0.150. The Bertz CT molecular complexity index is 824. The number of urea groups is 1. The molecule has 2 aliphatic rings. The van der Waals surface area contributed by atoms with Crippen LogP contribution in [0.25, 0.3) is 0 Å². The number of amides is 4. The summed E-state index contributed by atoms with van der Waals surface area (Å²) < 4.78 is 4.97. The molecule has 1 saturated carbocycles. The molecule has 2 unspecified atom stereocenters. The average Bonchev–Trinajstić information content (AvgIpc) is 2.94. The van der Waals surface area contributed by atoms with Gasteiger partial charge in [0.25, 0.3) is 11.8 Å². The van der Waals surface area contributed by atoms with Gasteiger partial charge in [0, 0.05) is 5.69 Å². The highest BCUT2D eigenvalue weighted by atomic mass is 16.5. The molecule has 1 saturated heterocycles. The first-order chi connectivity index (χ1) is 13.9. The summed E-state index contributed by atoms with van der Waals surface area (Å²) in [5, 5.41) is 5.44. The van der Waals surface area contributed by atoms with Gasteiger partial charge in [-0.15, -0.1) is 0 Å². The number of hydrogen-bond acceptors (Lipinski definition) is 5. The van der Waals surface area contributed by atoms with Crippen molar-refractivity contribution in [2.75, 3.05) is 18.5 Å². The molecule has 3 rings (SSSR count). The van der Waals surface area contributed by atoms with Gasteiger partial charge in [-0.1, -0.05) is 38.8 Å². The zero-order valence-electron chi connectivity index (χ0n) is 16.8. The summed E-state index contributed by atoms with van der Waals surface area (Å²) in [6.45, 7) is 2.96. The number of nitrogens with zero attached hydrogens (tertiary/aromatic N) is 1. The van der Waals surface area contributed by atoms with Crippen molar-refractivity contribution >= 4 is 29.5 Å². The van der Waals surface area contributed by atoms with Gasteiger partial charge in [-0.05, 0) is 42.9 Å². The third-order valence-electron chi connectivity index (χ3n) is 5.77. The van der Waals surface area contributed by atoms with Crippen LogP contribution in [0.1, 0.15) is 45.1 Å². The zero-order chi connectivity index (χ0) is 21.0. The van der Waals surface area contributed by atoms with Crippen LogP contribution < -0.4 is 10.6 Å². The van der Waals surface area contributed by atoms with Crippen LogP contribution in [0.3, 0.4) is 0 Å². The van der Waals surface area contributed by atoms with E-state index in [1.165, 1.54) is 0 Å². The van der Waals surface area contributed by atoms with Gasteiger partial charge in [0.15, 0.2) is 6.61 Å². The number of benzene rings is 1. The fourth-order valence-electron chi connectivity index (χ4n) is 4.03. The van der Waals surface area contributed by atoms with Gasteiger partial charge in [0.05, 0.1) is 0 Å². The number of aryl methyl sites for hydroxylation is 1. The number of anilines is 1. The summed E-state index contributed by atoms with van der Waals surface area (Å²) in [7, 11) is 0. The molecule has 4 amide bonds. The quantitative estimate of drug-likeness (QED) is 0.562. The normalized spacial score (nSPS) is 23.8. The first kappa shape index (κ1) is 20.8. The second kappa shape index (κ2) is 8.63. The number of ether oxygens (including phenoxy) is 1. The van der Waals surface area contributed by atoms with Gasteiger partial charge in [0.1, 0.15) is 12.1 Å². The molecule has 1 aliphatic heterocycles. The Morgan fingerprint density at radius 3 is 2.83 bits per heavy atom. The van der Waals surface area contributed by atoms with E-state index in [2.05, 4.69) is 10.6 Å². The highest BCUT2D eigenvalue weighted by Crippen LogP contribution is 2.38. The largest absolute Gasteiger partial charge is 0.454 e. The Morgan fingerprint density at radius 2 is 2.10 bits per heavy atom. The average molecular weight is 401 g/mol. The van der Waals surface area contributed by atoms with Gasteiger partial charge < -0.3 is 15.4 Å². The van der Waals surface area contributed by atoms with Crippen molar-refractivity contribution in [3.8, 4) is 0 Å². The summed E-state index contributed by atoms with van der Waals surface area (Å²) in [5.74, 6) is -1.65. The monoisotopic (exact) mass is 401 g/mol. The predicted octanol–water partition coefficient (Wildman–Crippen LogP) is 2.23. The Labute approximate surface area is 170 Å². The van der Waals surface area contributed by atoms with Crippen LogP contribution in [-0.2, 0) is 25.5 Å². The molecule has 8 nitrogen and oxygen atoms in total. The van der Waals surface area contributed by atoms with Crippen molar-refractivity contribution in [2.45, 2.75) is 51.5 Å². The van der Waals surface area contributed by atoms with Crippen LogP contribution in [0.4, 0.5) is 10.5 Å². The standard InChI is InChI=1S/C21H27N3O5/c1-3-15-8-6-9-16(11-15)22-17(25)13-29-18(26)12-24-19(27)21(23-20(24)28)10-5-4-7-14(21)2/h6,8-9,11,14H,3-5,7,10,12-13H2,1-2H3,(H,22,25)(H,23,28). The molecule has 1 aliphatic carbocycles. The molecule has 0 aromatic heterocycles. The van der Waals surface area contributed by atoms with Crippen molar-refractivity contribution in [1.29, 1.82) is 0 Å². The molecule has 1 spiro atoms. The molecule has 29 heavy (non-hydrogen) atoms. The molecule has 0 radical (unpaired) electrons. The van der Waals surface area contributed by atoms with Crippen LogP contribution in [0.5, 0.6) is 0 Å². The number of rotatable bonds is 6. The Hall–Kier alpha value is -2.90. The summed E-state index contributed by atoms with van der Waals surface area (Å²) in [5.41, 5.74) is 0.772. The minimum absolute atomic E-state index is 0.0124. The van der Waals surface area contributed by atoms with Crippen molar-refractivity contribution in [3.05, 3.63) is 29.8 Å². The molecule has 156 valence electrons. The van der Waals surface area contributed by atoms with Crippen LogP contribution >= 0.6 is 0 Å². The van der Waals surface area contributed by atoms with Crippen LogP contribution in [0.15, 0.2) is 24.3 Å². The second-order valence-corrected chi connectivity index (χ2v) is 7.70. The molecule has 1 aromatic carbocycles. The first-order valence-corrected chi connectivity index (χ1v) is 10.0. The molecule has 8 heteroatoms. The van der Waals surface area contributed by atoms with Crippen molar-refractivity contribution in [2.24, 2.45) is 5.92 Å². The highest BCUT2D eigenvalue weighted by molar-refractivity contribution is 6.09. The molecule has 1 heterocycles. The minimum Gasteiger partial charge on any atom is -0.454 e. The summed E-state index contributed by atoms with van der Waals surface area (Å²) in [6.07, 6.45) is 4.14. The number of nitrogens with one attached hydrogen (secondary N) is 2. The van der Waals surface area contributed by atoms with Crippen molar-refractivity contribution in [1.82, 2.24) is 10.2 Å². The molecule has 1 aromatic rings. The van der Waals surface area contributed by atoms with Crippen molar-refractivity contribution < 1.29 is 23.9 Å². The van der Waals surface area contributed by atoms with E-state index in [1.807, 2.05) is 32.0 Å². The molecule has 2 N–H and O–H groups in total. The lowest BCUT2D eigenvalue weighted by Gasteiger charge is -2.36. The predicted molar refractivity (Wildman–Crippen MR) is 106 cm³/mol. The van der Waals surface area contributed by atoms with Gasteiger partial charge >= 0.3 is 12.0 Å². The van der Waals surface area contributed by atoms with E-state index in [-0.39, 0.29) is 11.8 Å². The van der Waals surface area contributed by atoms with Gasteiger partial charge in [-0.2, -0.15) is 0 Å². The van der Waals surface area contributed by atoms with Crippen LogP contribution in [0, 0.1) is 5.92 Å². The summed E-state index contributed by atoms with van der Waals surface area (Å²) in [6, 6.07) is 6.80. The smallest absolute Gasteiger partial charge is 0.326 e. The third kappa shape index (κ3) is 4.41. The van der Waals surface area contributed by atoms with Gasteiger partial charge in [-0.25, -0.2) is 4.79 Å². The number of esters is 1. The van der Waals surface area contributed by atoms with E-state index in [0.717, 1.165) is 36.1 Å². The minimum atomic E-state index is -0.919. The molecule has 2 fully saturated rings. The van der Waals surface area contributed by atoms with Crippen LogP contribution in [-0.4, -0.2) is 47.4 Å². The number of hydrogen-bond donors (Lipinski definition) is 2. The maximum atomic E-state index is 12.8. The maximum absolute atomic E-state index is 12.8. The van der Waals surface area contributed by atoms with E-state index in [1.54, 1.807) is 6.07 Å². The van der Waals surface area contributed by atoms with Crippen LogP contribution in [0.2, 0.25) is 0 Å². The first-order valence-electron chi connectivity index (χ1n) is 10.0. The third-order valence-corrected chi connectivity index (χ3v) is 5.77. The SMILES string of the molecule is CCc1cccc(NC(=O)COC(=O)CN2C(=O)NC3(CCCCC3C)C2=O)c1. The number of carbonyl (C=O) groups excluding carboxylic acids is 4. The van der Waals surface area contributed by atoms with Crippen molar-refractivity contribution in [3.63, 3.8) is 0 Å². The lowest BCUT2D eigenvalue weighted by Crippen LogP contribution is -2.54. The second-order valence-electron chi connectivity index (χ2n) is 7.70. The van der Waals surface area contributed by atoms with E-state index >= 15 is 0 Å². The van der Waals surface area contributed by atoms with Gasteiger partial charge in [-0.3, -0.25) is 19.3 Å². The van der Waals surface area contributed by atoms with E-state index in [4.69, 9.17) is 4.74 Å². The maximum Gasteiger partial charge on any atom is 0.326 e. The zero-order valence-corrected chi connectivity index (χ0v) is 16.8. The fraction of sp³-hybridized carbons (Fsp3) is 0.524. The lowest BCUT2D eigenvalue weighted by atomic mass is 9.73. The van der Waals surface area contributed by atoms with E-state index in [9.17, 15) is 19.2 Å². The molecule has 2 atom stereocenters. The molecular weight excluding hydrogens is 374 g/mol. The Balaban J connectivity index is 1.52. The molecular formula is C21H27N3O5. The number of imide groups is 1. The molecule has 0 bridgehead atoms. The fourth-order valence-corrected chi connectivity index (χ4v) is 4.03. The van der Waals surface area contributed by atoms with E-state index < -0.39 is 36.6 Å². The van der Waals surface area contributed by atoms with Gasteiger partial charge in [0.2, 0.25) is 0 Å². The Kier molecular flexibility index (Phi) is 6.20. The van der Waals surface area contributed by atoms with E-state index in [0.29, 0.717) is 12.1 Å². The Morgan fingerprint density at radius 1 is 1.31 bits per heavy atom. The highest BCUT2D eigenvalue weighted by Gasteiger charge is 2.55. The topological polar surface area (TPSA) is 105 Å². The number of carbonyl (C=O) groups is 4.